The summed E-state index contributed by atoms with van der Waals surface area (Å²) in [5, 5.41) is 9.66. The second-order valence-corrected chi connectivity index (χ2v) is 7.53. The topological polar surface area (TPSA) is 58.7 Å². The molecule has 0 unspecified atom stereocenters. The van der Waals surface area contributed by atoms with E-state index in [1.807, 2.05) is 18.2 Å². The molecule has 126 valence electrons. The van der Waals surface area contributed by atoms with Gasteiger partial charge in [0.2, 0.25) is 0 Å². The normalized spacial score (nSPS) is 13.1. The predicted octanol–water partition coefficient (Wildman–Crippen LogP) is 3.84. The van der Waals surface area contributed by atoms with Crippen LogP contribution in [0.3, 0.4) is 0 Å². The molecule has 4 nitrogen and oxygen atoms in total. The van der Waals surface area contributed by atoms with Crippen molar-refractivity contribution in [2.75, 3.05) is 0 Å². The molecule has 0 amide bonds. The molecule has 2 heterocycles. The number of unbranched alkanes of at least 4 members (excludes halogenated alkanes) is 1. The van der Waals surface area contributed by atoms with Crippen molar-refractivity contribution in [2.45, 2.75) is 45.1 Å². The fraction of sp³-hybridized carbons (Fsp3) is 0.350. The fourth-order valence-corrected chi connectivity index (χ4v) is 4.85. The Morgan fingerprint density at radius 1 is 1.24 bits per heavy atom. The second kappa shape index (κ2) is 6.81. The van der Waals surface area contributed by atoms with Crippen LogP contribution < -0.4 is 5.56 Å². The molecule has 0 atom stereocenters. The highest BCUT2D eigenvalue weighted by atomic mass is 32.1. The molecule has 0 fully saturated rings. The van der Waals surface area contributed by atoms with Gasteiger partial charge in [-0.25, -0.2) is 4.98 Å². The first-order chi connectivity index (χ1) is 12.3. The number of benzene rings is 1. The summed E-state index contributed by atoms with van der Waals surface area (Å²) < 4.78 is 1.80. The lowest BCUT2D eigenvalue weighted by Gasteiger charge is -2.12. The van der Waals surface area contributed by atoms with Gasteiger partial charge in [0.25, 0.3) is 5.56 Å². The van der Waals surface area contributed by atoms with Gasteiger partial charge in [-0.05, 0) is 36.8 Å². The third-order valence-corrected chi connectivity index (χ3v) is 5.96. The third kappa shape index (κ3) is 2.98. The van der Waals surface area contributed by atoms with E-state index >= 15 is 0 Å². The predicted molar refractivity (Wildman–Crippen MR) is 100 cm³/mol. The lowest BCUT2D eigenvalue weighted by Crippen LogP contribution is -2.25. The van der Waals surface area contributed by atoms with E-state index in [0.717, 1.165) is 40.9 Å². The Bertz CT molecular complexity index is 1010. The lowest BCUT2D eigenvalue weighted by atomic mass is 10.1. The van der Waals surface area contributed by atoms with E-state index in [-0.39, 0.29) is 5.56 Å². The number of thiophene rings is 1. The standard InChI is InChI=1S/C20H19N3OS/c21-11-4-5-12-23-17(13-14-7-2-1-3-8-14)22-19-18(20(23)24)15-9-6-10-16(15)25-19/h1-3,7-8H,4-6,9-10,12-13H2. The number of aryl methyl sites for hydroxylation is 2. The number of fused-ring (bicyclic) bond motifs is 3. The highest BCUT2D eigenvalue weighted by molar-refractivity contribution is 7.18. The number of aromatic nitrogens is 2. The third-order valence-electron chi connectivity index (χ3n) is 4.78. The Balaban J connectivity index is 1.83. The first-order valence-electron chi connectivity index (χ1n) is 8.73. The van der Waals surface area contributed by atoms with E-state index in [0.29, 0.717) is 25.8 Å². The monoisotopic (exact) mass is 349 g/mol. The van der Waals surface area contributed by atoms with Gasteiger partial charge in [0.1, 0.15) is 10.7 Å². The van der Waals surface area contributed by atoms with Gasteiger partial charge in [-0.3, -0.25) is 9.36 Å². The number of nitrogens with zero attached hydrogens (tertiary/aromatic N) is 3. The maximum absolute atomic E-state index is 13.2. The van der Waals surface area contributed by atoms with Crippen molar-refractivity contribution in [1.82, 2.24) is 9.55 Å². The van der Waals surface area contributed by atoms with Crippen LogP contribution in [-0.2, 0) is 25.8 Å². The van der Waals surface area contributed by atoms with E-state index < -0.39 is 0 Å². The van der Waals surface area contributed by atoms with E-state index in [9.17, 15) is 4.79 Å². The fourth-order valence-electron chi connectivity index (χ4n) is 3.58. The molecular formula is C20H19N3OS. The Morgan fingerprint density at radius 2 is 2.08 bits per heavy atom. The number of nitriles is 1. The lowest BCUT2D eigenvalue weighted by molar-refractivity contribution is 0.597. The van der Waals surface area contributed by atoms with Gasteiger partial charge in [0.05, 0.1) is 11.5 Å². The maximum Gasteiger partial charge on any atom is 0.262 e. The van der Waals surface area contributed by atoms with Crippen molar-refractivity contribution < 1.29 is 0 Å². The molecular weight excluding hydrogens is 330 g/mol. The summed E-state index contributed by atoms with van der Waals surface area (Å²) in [4.78, 5) is 20.3. The number of hydrogen-bond acceptors (Lipinski definition) is 4. The minimum Gasteiger partial charge on any atom is -0.296 e. The highest BCUT2D eigenvalue weighted by Gasteiger charge is 2.23. The maximum atomic E-state index is 13.2. The summed E-state index contributed by atoms with van der Waals surface area (Å²) in [5.41, 5.74) is 2.44. The van der Waals surface area contributed by atoms with Crippen molar-refractivity contribution in [1.29, 1.82) is 5.26 Å². The average molecular weight is 349 g/mol. The molecule has 0 aliphatic heterocycles. The average Bonchev–Trinajstić information content (AvgIpc) is 3.19. The summed E-state index contributed by atoms with van der Waals surface area (Å²) >= 11 is 1.69. The van der Waals surface area contributed by atoms with E-state index in [1.54, 1.807) is 15.9 Å². The molecule has 0 saturated carbocycles. The number of hydrogen-bond donors (Lipinski definition) is 0. The second-order valence-electron chi connectivity index (χ2n) is 6.45. The van der Waals surface area contributed by atoms with Crippen molar-refractivity contribution in [2.24, 2.45) is 0 Å². The first-order valence-corrected chi connectivity index (χ1v) is 9.54. The zero-order valence-electron chi connectivity index (χ0n) is 14.0. The molecule has 0 bridgehead atoms. The van der Waals surface area contributed by atoms with Crippen molar-refractivity contribution in [3.05, 3.63) is 62.5 Å². The number of rotatable bonds is 5. The van der Waals surface area contributed by atoms with Gasteiger partial charge in [0, 0.05) is 24.3 Å². The molecule has 4 rings (SSSR count). The van der Waals surface area contributed by atoms with Gasteiger partial charge in [-0.2, -0.15) is 5.26 Å². The molecule has 0 radical (unpaired) electrons. The van der Waals surface area contributed by atoms with E-state index in [4.69, 9.17) is 10.2 Å². The van der Waals surface area contributed by atoms with Crippen LogP contribution in [0.5, 0.6) is 0 Å². The first kappa shape index (κ1) is 16.0. The molecule has 25 heavy (non-hydrogen) atoms. The molecule has 0 spiro atoms. The molecule has 1 aromatic carbocycles. The largest absolute Gasteiger partial charge is 0.296 e. The Morgan fingerprint density at radius 3 is 2.88 bits per heavy atom. The summed E-state index contributed by atoms with van der Waals surface area (Å²) in [6, 6.07) is 12.3. The van der Waals surface area contributed by atoms with Crippen molar-refractivity contribution >= 4 is 21.6 Å². The zero-order chi connectivity index (χ0) is 17.2. The Labute approximate surface area is 150 Å². The Hall–Kier alpha value is -2.45. The zero-order valence-corrected chi connectivity index (χ0v) is 14.8. The van der Waals surface area contributed by atoms with Crippen LogP contribution in [0.2, 0.25) is 0 Å². The minimum atomic E-state index is 0.0771. The van der Waals surface area contributed by atoms with Crippen LogP contribution in [0.15, 0.2) is 35.1 Å². The summed E-state index contributed by atoms with van der Waals surface area (Å²) in [5.74, 6) is 0.807. The van der Waals surface area contributed by atoms with Gasteiger partial charge < -0.3 is 0 Å². The summed E-state index contributed by atoms with van der Waals surface area (Å²) in [6.07, 6.45) is 4.97. The van der Waals surface area contributed by atoms with Crippen LogP contribution >= 0.6 is 11.3 Å². The van der Waals surface area contributed by atoms with Crippen LogP contribution in [0.4, 0.5) is 0 Å². The van der Waals surface area contributed by atoms with Crippen LogP contribution in [0, 0.1) is 11.3 Å². The van der Waals surface area contributed by atoms with E-state index in [1.165, 1.54) is 10.4 Å². The van der Waals surface area contributed by atoms with Crippen LogP contribution in [-0.4, -0.2) is 9.55 Å². The SMILES string of the molecule is N#CCCCn1c(Cc2ccccc2)nc2sc3c(c2c1=O)CCC3. The van der Waals surface area contributed by atoms with Gasteiger partial charge in [-0.15, -0.1) is 11.3 Å². The quantitative estimate of drug-likeness (QED) is 0.658. The van der Waals surface area contributed by atoms with Gasteiger partial charge >= 0.3 is 0 Å². The van der Waals surface area contributed by atoms with E-state index in [2.05, 4.69) is 18.2 Å². The van der Waals surface area contributed by atoms with Crippen molar-refractivity contribution in [3.8, 4) is 6.07 Å². The smallest absolute Gasteiger partial charge is 0.262 e. The highest BCUT2D eigenvalue weighted by Crippen LogP contribution is 2.34. The molecule has 3 aromatic rings. The molecule has 2 aromatic heterocycles. The minimum absolute atomic E-state index is 0.0771. The molecule has 1 aliphatic rings. The molecule has 0 saturated heterocycles. The van der Waals surface area contributed by atoms with Gasteiger partial charge in [0.15, 0.2) is 0 Å². The molecule has 1 aliphatic carbocycles. The Kier molecular flexibility index (Phi) is 4.37. The van der Waals surface area contributed by atoms with Crippen LogP contribution in [0.1, 0.15) is 41.1 Å². The van der Waals surface area contributed by atoms with Crippen LogP contribution in [0.25, 0.3) is 10.2 Å². The summed E-state index contributed by atoms with van der Waals surface area (Å²) in [7, 11) is 0. The van der Waals surface area contributed by atoms with Crippen molar-refractivity contribution in [3.63, 3.8) is 0 Å². The molecule has 0 N–H and O–H groups in total. The molecule has 5 heteroatoms. The van der Waals surface area contributed by atoms with Gasteiger partial charge in [-0.1, -0.05) is 30.3 Å². The summed E-state index contributed by atoms with van der Waals surface area (Å²) in [6.45, 7) is 0.558.